The minimum absolute atomic E-state index is 0.380. The second kappa shape index (κ2) is 2.23. The van der Waals surface area contributed by atoms with Crippen LogP contribution < -0.4 is 0 Å². The van der Waals surface area contributed by atoms with Crippen molar-refractivity contribution >= 4 is 6.16 Å². The number of cyclic esters (lactones) is 2. The first-order valence-electron chi connectivity index (χ1n) is 2.69. The molecular formula is C5H7O4. The predicted molar refractivity (Wildman–Crippen MR) is 26.4 cm³/mol. The van der Waals surface area contributed by atoms with E-state index in [1.54, 1.807) is 6.92 Å². The molecule has 4 heteroatoms. The molecule has 0 aliphatic carbocycles. The molecule has 51 valence electrons. The molecule has 0 aromatic carbocycles. The van der Waals surface area contributed by atoms with Gasteiger partial charge >= 0.3 is 6.16 Å². The second-order valence-corrected chi connectivity index (χ2v) is 1.90. The summed E-state index contributed by atoms with van der Waals surface area (Å²) in [5.41, 5.74) is 0. The highest BCUT2D eigenvalue weighted by atomic mass is 16.8. The number of carbonyl (C=O) groups is 1. The van der Waals surface area contributed by atoms with E-state index < -0.39 is 18.9 Å². The molecule has 1 aliphatic rings. The van der Waals surface area contributed by atoms with E-state index in [4.69, 9.17) is 0 Å². The molecule has 1 rings (SSSR count). The molecule has 0 amide bonds. The van der Waals surface area contributed by atoms with Gasteiger partial charge in [0.05, 0.1) is 0 Å². The first-order chi connectivity index (χ1) is 4.24. The molecule has 0 aromatic heterocycles. The fourth-order valence-electron chi connectivity index (χ4n) is 0.644. The van der Waals surface area contributed by atoms with Gasteiger partial charge in [-0.25, -0.2) is 9.90 Å². The standard InChI is InChI=1S/C5H7O4/c1-3-4(2-6)9-5(7)8-3/h3-4H,2H2,1H3. The smallest absolute Gasteiger partial charge is 0.427 e. The summed E-state index contributed by atoms with van der Waals surface area (Å²) in [6, 6.07) is 0. The van der Waals surface area contributed by atoms with E-state index >= 15 is 0 Å². The van der Waals surface area contributed by atoms with Crippen LogP contribution in [0.1, 0.15) is 6.92 Å². The SMILES string of the molecule is CC1OC(=O)OC1C[O]. The van der Waals surface area contributed by atoms with Gasteiger partial charge in [-0.15, -0.1) is 0 Å². The van der Waals surface area contributed by atoms with Crippen LogP contribution in [0.4, 0.5) is 4.79 Å². The summed E-state index contributed by atoms with van der Waals surface area (Å²) in [5, 5.41) is 10.1. The molecule has 1 fully saturated rings. The van der Waals surface area contributed by atoms with Gasteiger partial charge in [-0.2, -0.15) is 0 Å². The topological polar surface area (TPSA) is 55.4 Å². The van der Waals surface area contributed by atoms with Gasteiger partial charge in [0.25, 0.3) is 0 Å². The molecule has 0 spiro atoms. The molecule has 0 aromatic rings. The van der Waals surface area contributed by atoms with Crippen LogP contribution in [0.3, 0.4) is 0 Å². The van der Waals surface area contributed by atoms with Crippen molar-refractivity contribution in [2.75, 3.05) is 6.61 Å². The van der Waals surface area contributed by atoms with E-state index in [0.717, 1.165) is 0 Å². The van der Waals surface area contributed by atoms with Crippen LogP contribution in [0.5, 0.6) is 0 Å². The van der Waals surface area contributed by atoms with Crippen molar-refractivity contribution < 1.29 is 19.4 Å². The molecule has 1 heterocycles. The highest BCUT2D eigenvalue weighted by molar-refractivity contribution is 5.62. The third-order valence-corrected chi connectivity index (χ3v) is 1.22. The van der Waals surface area contributed by atoms with E-state index in [1.165, 1.54) is 0 Å². The third-order valence-electron chi connectivity index (χ3n) is 1.22. The second-order valence-electron chi connectivity index (χ2n) is 1.90. The van der Waals surface area contributed by atoms with Crippen molar-refractivity contribution in [3.8, 4) is 0 Å². The Morgan fingerprint density at radius 1 is 1.56 bits per heavy atom. The lowest BCUT2D eigenvalue weighted by Gasteiger charge is -2.03. The molecule has 1 aliphatic heterocycles. The Kier molecular flexibility index (Phi) is 1.57. The number of hydrogen-bond donors (Lipinski definition) is 0. The maximum absolute atomic E-state index is 10.2. The fraction of sp³-hybridized carbons (Fsp3) is 0.800. The summed E-state index contributed by atoms with van der Waals surface area (Å²) in [7, 11) is 0. The average Bonchev–Trinajstić information content (AvgIpc) is 2.10. The zero-order chi connectivity index (χ0) is 6.85. The molecule has 0 saturated carbocycles. The Morgan fingerprint density at radius 3 is 2.44 bits per heavy atom. The van der Waals surface area contributed by atoms with Gasteiger partial charge in [0.15, 0.2) is 6.10 Å². The fourth-order valence-corrected chi connectivity index (χ4v) is 0.644. The monoisotopic (exact) mass is 131 g/mol. The molecule has 4 nitrogen and oxygen atoms in total. The van der Waals surface area contributed by atoms with Gasteiger partial charge in [-0.1, -0.05) is 0 Å². The Labute approximate surface area is 52.4 Å². The molecule has 0 N–H and O–H groups in total. The highest BCUT2D eigenvalue weighted by Crippen LogP contribution is 2.13. The van der Waals surface area contributed by atoms with Crippen LogP contribution in [0.25, 0.3) is 0 Å². The first kappa shape index (κ1) is 6.35. The molecule has 1 radical (unpaired) electrons. The molecule has 2 unspecified atom stereocenters. The summed E-state index contributed by atoms with van der Waals surface area (Å²) < 4.78 is 8.95. The molecule has 1 saturated heterocycles. The van der Waals surface area contributed by atoms with Crippen LogP contribution in [0.2, 0.25) is 0 Å². The lowest BCUT2D eigenvalue weighted by Crippen LogP contribution is -2.22. The number of carbonyl (C=O) groups excluding carboxylic acids is 1. The van der Waals surface area contributed by atoms with Crippen molar-refractivity contribution in [2.24, 2.45) is 0 Å². The normalized spacial score (nSPS) is 33.8. The lowest BCUT2D eigenvalue weighted by atomic mass is 10.2. The average molecular weight is 131 g/mol. The third kappa shape index (κ3) is 1.13. The van der Waals surface area contributed by atoms with E-state index in [0.29, 0.717) is 0 Å². The highest BCUT2D eigenvalue weighted by Gasteiger charge is 2.32. The van der Waals surface area contributed by atoms with E-state index in [-0.39, 0.29) is 6.10 Å². The summed E-state index contributed by atoms with van der Waals surface area (Å²) in [6.45, 7) is 1.21. The molecular weight excluding hydrogens is 124 g/mol. The van der Waals surface area contributed by atoms with Gasteiger partial charge in [0.1, 0.15) is 12.7 Å². The van der Waals surface area contributed by atoms with Crippen LogP contribution in [-0.2, 0) is 14.6 Å². The Hall–Kier alpha value is -0.770. The summed E-state index contributed by atoms with van der Waals surface area (Å²) >= 11 is 0. The van der Waals surface area contributed by atoms with Crippen LogP contribution >= 0.6 is 0 Å². The molecule has 0 bridgehead atoms. The van der Waals surface area contributed by atoms with Crippen LogP contribution in [-0.4, -0.2) is 25.0 Å². The van der Waals surface area contributed by atoms with Crippen LogP contribution in [0.15, 0.2) is 0 Å². The summed E-state index contributed by atoms with van der Waals surface area (Å²) in [4.78, 5) is 10.2. The lowest BCUT2D eigenvalue weighted by molar-refractivity contribution is 0.0513. The zero-order valence-electron chi connectivity index (χ0n) is 4.99. The van der Waals surface area contributed by atoms with Gasteiger partial charge in [-0.3, -0.25) is 0 Å². The quantitative estimate of drug-likeness (QED) is 0.482. The largest absolute Gasteiger partial charge is 0.509 e. The van der Waals surface area contributed by atoms with E-state index in [9.17, 15) is 9.90 Å². The summed E-state index contributed by atoms with van der Waals surface area (Å²) in [5.74, 6) is 0. The zero-order valence-corrected chi connectivity index (χ0v) is 4.99. The van der Waals surface area contributed by atoms with E-state index in [2.05, 4.69) is 9.47 Å². The maximum Gasteiger partial charge on any atom is 0.509 e. The Bertz CT molecular complexity index is 122. The van der Waals surface area contributed by atoms with Gasteiger partial charge in [0, 0.05) is 0 Å². The number of rotatable bonds is 1. The van der Waals surface area contributed by atoms with Crippen molar-refractivity contribution in [1.82, 2.24) is 0 Å². The Balaban J connectivity index is 2.47. The number of hydrogen-bond acceptors (Lipinski definition) is 3. The van der Waals surface area contributed by atoms with Crippen molar-refractivity contribution in [1.29, 1.82) is 0 Å². The molecule has 2 atom stereocenters. The van der Waals surface area contributed by atoms with Crippen molar-refractivity contribution in [2.45, 2.75) is 19.1 Å². The number of ether oxygens (including phenoxy) is 2. The van der Waals surface area contributed by atoms with Gasteiger partial charge in [-0.05, 0) is 6.92 Å². The van der Waals surface area contributed by atoms with E-state index in [1.807, 2.05) is 0 Å². The van der Waals surface area contributed by atoms with Crippen LogP contribution in [0, 0.1) is 0 Å². The van der Waals surface area contributed by atoms with Crippen molar-refractivity contribution in [3.05, 3.63) is 0 Å². The predicted octanol–water partition coefficient (Wildman–Crippen LogP) is 0.341. The maximum atomic E-state index is 10.2. The van der Waals surface area contributed by atoms with Crippen molar-refractivity contribution in [3.63, 3.8) is 0 Å². The van der Waals surface area contributed by atoms with Gasteiger partial charge < -0.3 is 9.47 Å². The Morgan fingerprint density at radius 2 is 2.22 bits per heavy atom. The summed E-state index contributed by atoms with van der Waals surface area (Å²) in [6.07, 6.45) is -1.70. The minimum atomic E-state index is -0.733. The first-order valence-corrected chi connectivity index (χ1v) is 2.69. The molecule has 9 heavy (non-hydrogen) atoms. The minimum Gasteiger partial charge on any atom is -0.427 e. The van der Waals surface area contributed by atoms with Gasteiger partial charge in [0.2, 0.25) is 0 Å².